The van der Waals surface area contributed by atoms with Gasteiger partial charge in [-0.05, 0) is 40.5 Å². The van der Waals surface area contributed by atoms with Crippen LogP contribution in [0.25, 0.3) is 0 Å². The molecular formula is C12H16BrNO2. The number of halogens is 1. The molecule has 0 unspecified atom stereocenters. The van der Waals surface area contributed by atoms with Crippen LogP contribution >= 0.6 is 15.9 Å². The minimum absolute atomic E-state index is 0.305. The molecule has 0 aliphatic carbocycles. The number of nitrogens with zero attached hydrogens (tertiary/aromatic N) is 1. The van der Waals surface area contributed by atoms with Crippen LogP contribution in [-0.2, 0) is 0 Å². The predicted octanol–water partition coefficient (Wildman–Crippen LogP) is 3.38. The lowest BCUT2D eigenvalue weighted by molar-refractivity contribution is 0.0697. The average molecular weight is 286 g/mol. The largest absolute Gasteiger partial charge is 0.478 e. The Morgan fingerprint density at radius 3 is 2.69 bits per heavy atom. The van der Waals surface area contributed by atoms with Gasteiger partial charge in [0.05, 0.1) is 11.3 Å². The maximum absolute atomic E-state index is 10.8. The molecule has 0 aliphatic rings. The first-order valence-corrected chi connectivity index (χ1v) is 6.09. The van der Waals surface area contributed by atoms with Crippen molar-refractivity contribution < 1.29 is 9.90 Å². The van der Waals surface area contributed by atoms with Crippen LogP contribution in [0.5, 0.6) is 0 Å². The number of benzene rings is 1. The lowest BCUT2D eigenvalue weighted by atomic mass is 10.2. The molecule has 0 fully saturated rings. The van der Waals surface area contributed by atoms with E-state index in [4.69, 9.17) is 5.11 Å². The molecule has 4 heteroatoms. The summed E-state index contributed by atoms with van der Waals surface area (Å²) in [5, 5.41) is 8.85. The number of hydrogen-bond donors (Lipinski definition) is 1. The molecule has 0 heterocycles. The maximum atomic E-state index is 10.8. The first-order chi connectivity index (χ1) is 7.56. The third-order valence-corrected chi connectivity index (χ3v) is 3.09. The fraction of sp³-hybridized carbons (Fsp3) is 0.417. The quantitative estimate of drug-likeness (QED) is 0.902. The van der Waals surface area contributed by atoms with Crippen molar-refractivity contribution >= 4 is 27.6 Å². The number of rotatable bonds is 5. The molecule has 0 bridgehead atoms. The van der Waals surface area contributed by atoms with E-state index in [1.54, 1.807) is 12.1 Å². The van der Waals surface area contributed by atoms with E-state index >= 15 is 0 Å². The van der Waals surface area contributed by atoms with Crippen molar-refractivity contribution in [2.24, 2.45) is 0 Å². The molecule has 3 nitrogen and oxygen atoms in total. The van der Waals surface area contributed by atoms with Gasteiger partial charge in [0, 0.05) is 18.1 Å². The monoisotopic (exact) mass is 285 g/mol. The highest BCUT2D eigenvalue weighted by Crippen LogP contribution is 2.26. The molecule has 16 heavy (non-hydrogen) atoms. The van der Waals surface area contributed by atoms with Crippen molar-refractivity contribution in [2.75, 3.05) is 18.5 Å². The Kier molecular flexibility index (Phi) is 4.80. The summed E-state index contributed by atoms with van der Waals surface area (Å²) in [5.41, 5.74) is 1.33. The van der Waals surface area contributed by atoms with Crippen LogP contribution in [0.3, 0.4) is 0 Å². The molecule has 0 saturated carbocycles. The molecular weight excluding hydrogens is 270 g/mol. The average Bonchev–Trinajstić information content (AvgIpc) is 2.25. The minimum atomic E-state index is -0.900. The summed E-state index contributed by atoms with van der Waals surface area (Å²) in [6.45, 7) is 3.12. The number of aromatic carboxylic acids is 1. The highest BCUT2D eigenvalue weighted by molar-refractivity contribution is 9.10. The molecule has 0 aliphatic heterocycles. The van der Waals surface area contributed by atoms with Crippen LogP contribution in [0.2, 0.25) is 0 Å². The van der Waals surface area contributed by atoms with Gasteiger partial charge in [0.25, 0.3) is 0 Å². The molecule has 1 aromatic rings. The van der Waals surface area contributed by atoms with E-state index in [2.05, 4.69) is 27.8 Å². The van der Waals surface area contributed by atoms with Crippen molar-refractivity contribution in [1.29, 1.82) is 0 Å². The topological polar surface area (TPSA) is 40.5 Å². The maximum Gasteiger partial charge on any atom is 0.335 e. The minimum Gasteiger partial charge on any atom is -0.478 e. The van der Waals surface area contributed by atoms with Crippen molar-refractivity contribution in [2.45, 2.75) is 19.8 Å². The molecule has 88 valence electrons. The smallest absolute Gasteiger partial charge is 0.335 e. The SMILES string of the molecule is CCCCN(C)c1ccc(C(=O)O)cc1Br. The second kappa shape index (κ2) is 5.89. The van der Waals surface area contributed by atoms with Crippen LogP contribution in [-0.4, -0.2) is 24.7 Å². The Hall–Kier alpha value is -1.03. The van der Waals surface area contributed by atoms with Gasteiger partial charge in [-0.1, -0.05) is 13.3 Å². The van der Waals surface area contributed by atoms with Crippen LogP contribution in [0.4, 0.5) is 5.69 Å². The second-order valence-electron chi connectivity index (χ2n) is 3.75. The number of carboxylic acid groups (broad SMARTS) is 1. The third kappa shape index (κ3) is 3.23. The predicted molar refractivity (Wildman–Crippen MR) is 69.3 cm³/mol. The fourth-order valence-corrected chi connectivity index (χ4v) is 2.15. The molecule has 0 amide bonds. The fourth-order valence-electron chi connectivity index (χ4n) is 1.47. The third-order valence-electron chi connectivity index (χ3n) is 2.45. The van der Waals surface area contributed by atoms with Gasteiger partial charge in [0.1, 0.15) is 0 Å². The van der Waals surface area contributed by atoms with Gasteiger partial charge < -0.3 is 10.0 Å². The van der Waals surface area contributed by atoms with E-state index in [-0.39, 0.29) is 0 Å². The molecule has 1 rings (SSSR count). The number of carboxylic acids is 1. The molecule has 0 radical (unpaired) electrons. The van der Waals surface area contributed by atoms with Crippen molar-refractivity contribution in [3.63, 3.8) is 0 Å². The summed E-state index contributed by atoms with van der Waals surface area (Å²) in [5.74, 6) is -0.900. The van der Waals surface area contributed by atoms with Crippen molar-refractivity contribution in [1.82, 2.24) is 0 Å². The summed E-state index contributed by atoms with van der Waals surface area (Å²) in [4.78, 5) is 12.9. The van der Waals surface area contributed by atoms with Crippen LogP contribution < -0.4 is 4.90 Å². The lowest BCUT2D eigenvalue weighted by Gasteiger charge is -2.20. The Morgan fingerprint density at radius 2 is 2.19 bits per heavy atom. The van der Waals surface area contributed by atoms with E-state index in [9.17, 15) is 4.79 Å². The van der Waals surface area contributed by atoms with Gasteiger partial charge in [0.2, 0.25) is 0 Å². The summed E-state index contributed by atoms with van der Waals surface area (Å²) in [7, 11) is 2.01. The number of carbonyl (C=O) groups is 1. The zero-order valence-corrected chi connectivity index (χ0v) is 11.1. The summed E-state index contributed by atoms with van der Waals surface area (Å²) in [6.07, 6.45) is 2.28. The summed E-state index contributed by atoms with van der Waals surface area (Å²) >= 11 is 3.40. The van der Waals surface area contributed by atoms with Gasteiger partial charge in [-0.25, -0.2) is 4.79 Å². The van der Waals surface area contributed by atoms with E-state index in [1.165, 1.54) is 0 Å². The molecule has 0 aromatic heterocycles. The molecule has 0 saturated heterocycles. The van der Waals surface area contributed by atoms with E-state index in [1.807, 2.05) is 13.1 Å². The number of hydrogen-bond acceptors (Lipinski definition) is 2. The highest BCUT2D eigenvalue weighted by atomic mass is 79.9. The molecule has 1 N–H and O–H groups in total. The zero-order chi connectivity index (χ0) is 12.1. The van der Waals surface area contributed by atoms with Gasteiger partial charge in [-0.15, -0.1) is 0 Å². The Bertz CT molecular complexity index is 379. The molecule has 0 atom stereocenters. The van der Waals surface area contributed by atoms with Crippen molar-refractivity contribution in [3.05, 3.63) is 28.2 Å². The molecule has 0 spiro atoms. The van der Waals surface area contributed by atoms with Gasteiger partial charge >= 0.3 is 5.97 Å². The van der Waals surface area contributed by atoms with E-state index in [0.717, 1.165) is 29.5 Å². The normalized spacial score (nSPS) is 10.2. The Labute approximate surface area is 104 Å². The first kappa shape index (κ1) is 13.0. The second-order valence-corrected chi connectivity index (χ2v) is 4.60. The van der Waals surface area contributed by atoms with E-state index < -0.39 is 5.97 Å². The van der Waals surface area contributed by atoms with Gasteiger partial charge in [-0.2, -0.15) is 0 Å². The Balaban J connectivity index is 2.85. The number of anilines is 1. The van der Waals surface area contributed by atoms with Crippen LogP contribution in [0.15, 0.2) is 22.7 Å². The lowest BCUT2D eigenvalue weighted by Crippen LogP contribution is -2.18. The number of unbranched alkanes of at least 4 members (excludes halogenated alkanes) is 1. The summed E-state index contributed by atoms with van der Waals surface area (Å²) < 4.78 is 0.825. The standard InChI is InChI=1S/C12H16BrNO2/c1-3-4-7-14(2)11-6-5-9(12(15)16)8-10(11)13/h5-6,8H,3-4,7H2,1-2H3,(H,15,16). The highest BCUT2D eigenvalue weighted by Gasteiger charge is 2.09. The Morgan fingerprint density at radius 1 is 1.50 bits per heavy atom. The van der Waals surface area contributed by atoms with Crippen LogP contribution in [0, 0.1) is 0 Å². The van der Waals surface area contributed by atoms with Gasteiger partial charge in [0.15, 0.2) is 0 Å². The van der Waals surface area contributed by atoms with Gasteiger partial charge in [-0.3, -0.25) is 0 Å². The molecule has 1 aromatic carbocycles. The van der Waals surface area contributed by atoms with E-state index in [0.29, 0.717) is 5.56 Å². The summed E-state index contributed by atoms with van der Waals surface area (Å²) in [6, 6.07) is 5.11. The zero-order valence-electron chi connectivity index (χ0n) is 9.53. The van der Waals surface area contributed by atoms with Crippen molar-refractivity contribution in [3.8, 4) is 0 Å². The first-order valence-electron chi connectivity index (χ1n) is 5.30. The van der Waals surface area contributed by atoms with Crippen LogP contribution in [0.1, 0.15) is 30.1 Å².